The number of carboxylic acid groups (broad SMARTS) is 1. The molecule has 0 aliphatic carbocycles. The molecule has 0 aromatic heterocycles. The standard InChI is InChI=1S/C25H31N5O7/c1-14(22(33)30-20(25(36)37)12-16-7-9-17(31)10-8-16)28-24(35)19(13-21(27)32)29-23(34)18(26)11-15-5-3-2-4-6-15/h2-10,14,18-20,31H,11-13,26H2,1H3,(H2,27,32)(H,28,35)(H,29,34)(H,30,33)(H,36,37). The third kappa shape index (κ3) is 9.61. The topological polar surface area (TPSA) is 214 Å². The van der Waals surface area contributed by atoms with E-state index in [1.165, 1.54) is 31.2 Å². The second-order valence-corrected chi connectivity index (χ2v) is 8.53. The molecule has 4 amide bonds. The van der Waals surface area contributed by atoms with Crippen molar-refractivity contribution in [2.45, 2.75) is 50.4 Å². The lowest BCUT2D eigenvalue weighted by Gasteiger charge is -2.23. The minimum Gasteiger partial charge on any atom is -0.508 e. The quantitative estimate of drug-likeness (QED) is 0.175. The number of hydrogen-bond acceptors (Lipinski definition) is 7. The van der Waals surface area contributed by atoms with Crippen molar-refractivity contribution in [3.05, 3.63) is 65.7 Å². The molecular weight excluding hydrogens is 482 g/mol. The Morgan fingerprint density at radius 2 is 1.35 bits per heavy atom. The van der Waals surface area contributed by atoms with Crippen LogP contribution in [-0.4, -0.2) is 64.0 Å². The van der Waals surface area contributed by atoms with E-state index in [4.69, 9.17) is 11.5 Å². The number of carbonyl (C=O) groups is 5. The zero-order chi connectivity index (χ0) is 27.5. The molecule has 198 valence electrons. The Morgan fingerprint density at radius 1 is 0.784 bits per heavy atom. The van der Waals surface area contributed by atoms with E-state index in [0.717, 1.165) is 5.56 Å². The van der Waals surface area contributed by atoms with Crippen LogP contribution in [0.4, 0.5) is 0 Å². The summed E-state index contributed by atoms with van der Waals surface area (Å²) in [5.74, 6) is -4.52. The van der Waals surface area contributed by atoms with Crippen molar-refractivity contribution in [1.82, 2.24) is 16.0 Å². The van der Waals surface area contributed by atoms with Crippen LogP contribution in [0.1, 0.15) is 24.5 Å². The Labute approximate surface area is 213 Å². The number of primary amides is 1. The fourth-order valence-electron chi connectivity index (χ4n) is 3.39. The van der Waals surface area contributed by atoms with Gasteiger partial charge in [0.1, 0.15) is 23.9 Å². The van der Waals surface area contributed by atoms with E-state index < -0.39 is 60.2 Å². The Hall–Kier alpha value is -4.45. The number of benzene rings is 2. The molecule has 12 nitrogen and oxygen atoms in total. The molecule has 0 saturated heterocycles. The minimum atomic E-state index is -1.39. The summed E-state index contributed by atoms with van der Waals surface area (Å²) in [5.41, 5.74) is 12.5. The molecule has 12 heteroatoms. The maximum Gasteiger partial charge on any atom is 0.326 e. The Morgan fingerprint density at radius 3 is 1.92 bits per heavy atom. The third-order valence-corrected chi connectivity index (χ3v) is 5.42. The van der Waals surface area contributed by atoms with Gasteiger partial charge in [-0.1, -0.05) is 42.5 Å². The van der Waals surface area contributed by atoms with Gasteiger partial charge in [-0.3, -0.25) is 19.2 Å². The first-order valence-corrected chi connectivity index (χ1v) is 11.5. The lowest BCUT2D eigenvalue weighted by Crippen LogP contribution is -2.57. The van der Waals surface area contributed by atoms with Gasteiger partial charge in [0.2, 0.25) is 23.6 Å². The van der Waals surface area contributed by atoms with Crippen molar-refractivity contribution < 1.29 is 34.2 Å². The number of amides is 4. The van der Waals surface area contributed by atoms with Gasteiger partial charge in [0.25, 0.3) is 0 Å². The average molecular weight is 514 g/mol. The number of nitrogens with one attached hydrogen (secondary N) is 3. The van der Waals surface area contributed by atoms with Crippen LogP contribution in [0.25, 0.3) is 0 Å². The number of phenolic OH excluding ortho intramolecular Hbond substituents is 1. The highest BCUT2D eigenvalue weighted by Crippen LogP contribution is 2.11. The second-order valence-electron chi connectivity index (χ2n) is 8.53. The predicted octanol–water partition coefficient (Wildman–Crippen LogP) is -1.06. The van der Waals surface area contributed by atoms with E-state index in [9.17, 15) is 34.2 Å². The smallest absolute Gasteiger partial charge is 0.326 e. The van der Waals surface area contributed by atoms with Crippen LogP contribution in [0.3, 0.4) is 0 Å². The highest BCUT2D eigenvalue weighted by atomic mass is 16.4. The maximum atomic E-state index is 12.8. The number of rotatable bonds is 13. The number of phenols is 1. The zero-order valence-electron chi connectivity index (χ0n) is 20.2. The van der Waals surface area contributed by atoms with E-state index in [2.05, 4.69) is 16.0 Å². The van der Waals surface area contributed by atoms with Crippen molar-refractivity contribution in [3.63, 3.8) is 0 Å². The number of aromatic hydroxyl groups is 1. The summed E-state index contributed by atoms with van der Waals surface area (Å²) < 4.78 is 0. The van der Waals surface area contributed by atoms with Crippen molar-refractivity contribution in [1.29, 1.82) is 0 Å². The van der Waals surface area contributed by atoms with E-state index >= 15 is 0 Å². The van der Waals surface area contributed by atoms with Crippen LogP contribution in [-0.2, 0) is 36.8 Å². The molecular formula is C25H31N5O7. The van der Waals surface area contributed by atoms with E-state index in [-0.39, 0.29) is 18.6 Å². The van der Waals surface area contributed by atoms with Crippen LogP contribution in [0.5, 0.6) is 5.75 Å². The van der Waals surface area contributed by atoms with Crippen LogP contribution in [0.15, 0.2) is 54.6 Å². The second kappa shape index (κ2) is 13.6. The molecule has 0 saturated carbocycles. The predicted molar refractivity (Wildman–Crippen MR) is 133 cm³/mol. The lowest BCUT2D eigenvalue weighted by molar-refractivity contribution is -0.142. The summed E-state index contributed by atoms with van der Waals surface area (Å²) in [6, 6.07) is 9.83. The van der Waals surface area contributed by atoms with Crippen LogP contribution in [0.2, 0.25) is 0 Å². The molecule has 0 bridgehead atoms. The average Bonchev–Trinajstić information content (AvgIpc) is 2.84. The fraction of sp³-hybridized carbons (Fsp3) is 0.320. The number of carbonyl (C=O) groups excluding carboxylic acids is 4. The highest BCUT2D eigenvalue weighted by Gasteiger charge is 2.29. The van der Waals surface area contributed by atoms with E-state index in [1.807, 2.05) is 6.07 Å². The maximum absolute atomic E-state index is 12.8. The van der Waals surface area contributed by atoms with Crippen LogP contribution < -0.4 is 27.4 Å². The van der Waals surface area contributed by atoms with Gasteiger partial charge < -0.3 is 37.6 Å². The largest absolute Gasteiger partial charge is 0.508 e. The molecule has 0 heterocycles. The SMILES string of the molecule is CC(NC(=O)C(CC(N)=O)NC(=O)C(N)Cc1ccccc1)C(=O)NC(Cc1ccc(O)cc1)C(=O)O. The molecule has 0 fully saturated rings. The fourth-order valence-corrected chi connectivity index (χ4v) is 3.39. The summed E-state index contributed by atoms with van der Waals surface area (Å²) in [7, 11) is 0. The van der Waals surface area contributed by atoms with Gasteiger partial charge in [-0.2, -0.15) is 0 Å². The highest BCUT2D eigenvalue weighted by molar-refractivity contribution is 5.96. The number of aliphatic carboxylic acids is 1. The first-order chi connectivity index (χ1) is 17.5. The number of carboxylic acids is 1. The molecule has 0 aliphatic heterocycles. The molecule has 0 spiro atoms. The molecule has 2 aromatic carbocycles. The summed E-state index contributed by atoms with van der Waals surface area (Å²) in [5, 5.41) is 25.9. The van der Waals surface area contributed by atoms with Gasteiger partial charge in [-0.25, -0.2) is 4.79 Å². The Balaban J connectivity index is 1.99. The molecule has 4 unspecified atom stereocenters. The Bertz CT molecular complexity index is 1110. The normalized spacial score (nSPS) is 13.9. The molecule has 0 radical (unpaired) electrons. The van der Waals surface area contributed by atoms with Gasteiger partial charge in [0.15, 0.2) is 0 Å². The van der Waals surface area contributed by atoms with Crippen molar-refractivity contribution in [3.8, 4) is 5.75 Å². The molecule has 0 aliphatic rings. The number of hydrogen-bond donors (Lipinski definition) is 7. The van der Waals surface area contributed by atoms with Gasteiger partial charge >= 0.3 is 5.97 Å². The molecule has 37 heavy (non-hydrogen) atoms. The lowest BCUT2D eigenvalue weighted by atomic mass is 10.0. The monoisotopic (exact) mass is 513 g/mol. The molecule has 2 rings (SSSR count). The number of nitrogens with two attached hydrogens (primary N) is 2. The summed E-state index contributed by atoms with van der Waals surface area (Å²) in [4.78, 5) is 61.0. The first kappa shape index (κ1) is 28.8. The van der Waals surface area contributed by atoms with E-state index in [0.29, 0.717) is 5.56 Å². The van der Waals surface area contributed by atoms with Gasteiger partial charge in [0, 0.05) is 6.42 Å². The summed E-state index contributed by atoms with van der Waals surface area (Å²) >= 11 is 0. The van der Waals surface area contributed by atoms with Crippen LogP contribution in [0, 0.1) is 0 Å². The minimum absolute atomic E-state index is 0.00891. The van der Waals surface area contributed by atoms with E-state index in [1.54, 1.807) is 24.3 Å². The Kier molecular flexibility index (Phi) is 10.6. The van der Waals surface area contributed by atoms with Gasteiger partial charge in [-0.15, -0.1) is 0 Å². The third-order valence-electron chi connectivity index (χ3n) is 5.42. The zero-order valence-corrected chi connectivity index (χ0v) is 20.2. The molecule has 4 atom stereocenters. The van der Waals surface area contributed by atoms with Crippen LogP contribution >= 0.6 is 0 Å². The van der Waals surface area contributed by atoms with Crippen molar-refractivity contribution in [2.24, 2.45) is 11.5 Å². The van der Waals surface area contributed by atoms with Gasteiger partial charge in [0.05, 0.1) is 12.5 Å². The summed E-state index contributed by atoms with van der Waals surface area (Å²) in [6.45, 7) is 1.32. The first-order valence-electron chi connectivity index (χ1n) is 11.5. The summed E-state index contributed by atoms with van der Waals surface area (Å²) in [6.07, 6.45) is -0.418. The molecule has 2 aromatic rings. The van der Waals surface area contributed by atoms with Crippen molar-refractivity contribution in [2.75, 3.05) is 0 Å². The van der Waals surface area contributed by atoms with Gasteiger partial charge in [-0.05, 0) is 36.6 Å². The van der Waals surface area contributed by atoms with Crippen molar-refractivity contribution >= 4 is 29.6 Å². The molecule has 9 N–H and O–H groups in total.